The zero-order valence-electron chi connectivity index (χ0n) is 8.34. The monoisotopic (exact) mass is 351 g/mol. The summed E-state index contributed by atoms with van der Waals surface area (Å²) in [5, 5.41) is 0. The van der Waals surface area contributed by atoms with Crippen LogP contribution >= 0.6 is 22.6 Å². The highest BCUT2D eigenvalue weighted by atomic mass is 127. The SMILES string of the molecule is O=S(=O)(c1ccc(I)cc1)N1C2COCC21. The first-order valence-corrected chi connectivity index (χ1v) is 7.49. The minimum atomic E-state index is -3.29. The van der Waals surface area contributed by atoms with Crippen molar-refractivity contribution < 1.29 is 13.2 Å². The van der Waals surface area contributed by atoms with Gasteiger partial charge in [-0.15, -0.1) is 0 Å². The lowest BCUT2D eigenvalue weighted by Crippen LogP contribution is -2.21. The summed E-state index contributed by atoms with van der Waals surface area (Å²) in [7, 11) is -3.29. The second kappa shape index (κ2) is 3.66. The van der Waals surface area contributed by atoms with Crippen LogP contribution in [-0.4, -0.2) is 38.0 Å². The molecule has 2 saturated heterocycles. The number of hydrogen-bond donors (Lipinski definition) is 0. The molecule has 2 fully saturated rings. The van der Waals surface area contributed by atoms with Crippen LogP contribution in [0.25, 0.3) is 0 Å². The molecule has 0 bridgehead atoms. The smallest absolute Gasteiger partial charge is 0.243 e. The van der Waals surface area contributed by atoms with Crippen molar-refractivity contribution >= 4 is 32.6 Å². The predicted octanol–water partition coefficient (Wildman–Crippen LogP) is 1.06. The van der Waals surface area contributed by atoms with Gasteiger partial charge in [-0.3, -0.25) is 0 Å². The Kier molecular flexibility index (Phi) is 2.50. The quantitative estimate of drug-likeness (QED) is 0.592. The summed E-state index contributed by atoms with van der Waals surface area (Å²) < 4.78 is 32.1. The van der Waals surface area contributed by atoms with E-state index in [1.807, 2.05) is 12.1 Å². The highest BCUT2D eigenvalue weighted by Crippen LogP contribution is 2.39. The number of halogens is 1. The zero-order chi connectivity index (χ0) is 11.3. The lowest BCUT2D eigenvalue weighted by Gasteiger charge is -2.09. The van der Waals surface area contributed by atoms with Crippen LogP contribution < -0.4 is 0 Å². The third kappa shape index (κ3) is 1.59. The van der Waals surface area contributed by atoms with Gasteiger partial charge in [-0.25, -0.2) is 8.42 Å². The van der Waals surface area contributed by atoms with Gasteiger partial charge < -0.3 is 4.74 Å². The Hall–Kier alpha value is -0.180. The Morgan fingerprint density at radius 2 is 1.75 bits per heavy atom. The molecule has 0 aromatic heterocycles. The third-order valence-corrected chi connectivity index (χ3v) is 5.66. The van der Waals surface area contributed by atoms with Gasteiger partial charge in [-0.05, 0) is 46.9 Å². The first-order chi connectivity index (χ1) is 7.60. The number of ether oxygens (including phenoxy) is 1. The largest absolute Gasteiger partial charge is 0.378 e. The number of nitrogens with zero attached hydrogens (tertiary/aromatic N) is 1. The molecule has 16 heavy (non-hydrogen) atoms. The number of morpholine rings is 1. The molecule has 2 aliphatic rings. The summed E-state index contributed by atoms with van der Waals surface area (Å²) in [6, 6.07) is 7.08. The van der Waals surface area contributed by atoms with E-state index >= 15 is 0 Å². The average molecular weight is 351 g/mol. The fourth-order valence-electron chi connectivity index (χ4n) is 2.07. The van der Waals surface area contributed by atoms with Gasteiger partial charge >= 0.3 is 0 Å². The Labute approximate surface area is 108 Å². The Morgan fingerprint density at radius 3 is 2.31 bits per heavy atom. The van der Waals surface area contributed by atoms with E-state index in [1.54, 1.807) is 16.4 Å². The minimum Gasteiger partial charge on any atom is -0.378 e. The Bertz CT molecular complexity index is 503. The van der Waals surface area contributed by atoms with E-state index in [-0.39, 0.29) is 12.1 Å². The predicted molar refractivity (Wildman–Crippen MR) is 66.6 cm³/mol. The number of rotatable bonds is 2. The summed E-state index contributed by atoms with van der Waals surface area (Å²) in [6.07, 6.45) is 0. The van der Waals surface area contributed by atoms with Crippen LogP contribution in [0.1, 0.15) is 0 Å². The second-order valence-corrected chi connectivity index (χ2v) is 7.05. The summed E-state index contributed by atoms with van der Waals surface area (Å²) in [5.41, 5.74) is 0. The molecule has 1 aromatic carbocycles. The molecule has 1 aromatic rings. The van der Waals surface area contributed by atoms with Gasteiger partial charge in [0.25, 0.3) is 0 Å². The molecule has 2 unspecified atom stereocenters. The molecule has 86 valence electrons. The van der Waals surface area contributed by atoms with Crippen molar-refractivity contribution in [2.24, 2.45) is 0 Å². The molecule has 2 atom stereocenters. The van der Waals surface area contributed by atoms with Crippen LogP contribution in [0.2, 0.25) is 0 Å². The summed E-state index contributed by atoms with van der Waals surface area (Å²) in [5.74, 6) is 0. The summed E-state index contributed by atoms with van der Waals surface area (Å²) >= 11 is 2.16. The molecule has 2 aliphatic heterocycles. The third-order valence-electron chi connectivity index (χ3n) is 2.97. The highest BCUT2D eigenvalue weighted by Gasteiger charge is 2.58. The van der Waals surface area contributed by atoms with Crippen LogP contribution in [0.5, 0.6) is 0 Å². The van der Waals surface area contributed by atoms with E-state index in [1.165, 1.54) is 0 Å². The first-order valence-electron chi connectivity index (χ1n) is 4.97. The van der Waals surface area contributed by atoms with Crippen molar-refractivity contribution in [3.63, 3.8) is 0 Å². The van der Waals surface area contributed by atoms with E-state index in [0.29, 0.717) is 18.1 Å². The topological polar surface area (TPSA) is 46.4 Å². The molecule has 4 nitrogen and oxygen atoms in total. The fourth-order valence-corrected chi connectivity index (χ4v) is 4.22. The van der Waals surface area contributed by atoms with Crippen LogP contribution in [0.4, 0.5) is 0 Å². The van der Waals surface area contributed by atoms with E-state index in [4.69, 9.17) is 4.74 Å². The van der Waals surface area contributed by atoms with Crippen molar-refractivity contribution in [1.29, 1.82) is 0 Å². The van der Waals surface area contributed by atoms with Crippen molar-refractivity contribution in [1.82, 2.24) is 4.31 Å². The Balaban J connectivity index is 1.92. The zero-order valence-corrected chi connectivity index (χ0v) is 11.3. The van der Waals surface area contributed by atoms with Gasteiger partial charge in [-0.2, -0.15) is 4.31 Å². The van der Waals surface area contributed by atoms with Gasteiger partial charge in [0.1, 0.15) is 0 Å². The van der Waals surface area contributed by atoms with Gasteiger partial charge in [0.2, 0.25) is 10.0 Å². The summed E-state index contributed by atoms with van der Waals surface area (Å²) in [4.78, 5) is 0.377. The highest BCUT2D eigenvalue weighted by molar-refractivity contribution is 14.1. The van der Waals surface area contributed by atoms with Gasteiger partial charge in [0, 0.05) is 3.57 Å². The normalized spacial score (nSPS) is 32.4. The van der Waals surface area contributed by atoms with E-state index in [2.05, 4.69) is 22.6 Å². The van der Waals surface area contributed by atoms with Crippen molar-refractivity contribution in [3.8, 4) is 0 Å². The molecule has 0 spiro atoms. The lowest BCUT2D eigenvalue weighted by molar-refractivity contribution is 0.155. The first kappa shape index (κ1) is 10.9. The summed E-state index contributed by atoms with van der Waals surface area (Å²) in [6.45, 7) is 1.07. The average Bonchev–Trinajstić information content (AvgIpc) is 2.77. The molecule has 0 N–H and O–H groups in total. The number of benzene rings is 1. The van der Waals surface area contributed by atoms with Crippen LogP contribution in [0, 0.1) is 3.57 Å². The van der Waals surface area contributed by atoms with E-state index in [9.17, 15) is 8.42 Å². The minimum absolute atomic E-state index is 0.0734. The van der Waals surface area contributed by atoms with Gasteiger partial charge in [-0.1, -0.05) is 0 Å². The second-order valence-electron chi connectivity index (χ2n) is 3.96. The van der Waals surface area contributed by atoms with Crippen molar-refractivity contribution in [3.05, 3.63) is 27.8 Å². The van der Waals surface area contributed by atoms with Crippen molar-refractivity contribution in [2.75, 3.05) is 13.2 Å². The Morgan fingerprint density at radius 1 is 1.19 bits per heavy atom. The fraction of sp³-hybridized carbons (Fsp3) is 0.400. The van der Waals surface area contributed by atoms with Crippen LogP contribution in [0.3, 0.4) is 0 Å². The molecule has 0 saturated carbocycles. The van der Waals surface area contributed by atoms with Crippen molar-refractivity contribution in [2.45, 2.75) is 17.0 Å². The molecule has 3 rings (SSSR count). The van der Waals surface area contributed by atoms with E-state index in [0.717, 1.165) is 3.57 Å². The maximum absolute atomic E-state index is 12.2. The maximum Gasteiger partial charge on any atom is 0.243 e. The van der Waals surface area contributed by atoms with Gasteiger partial charge in [0.05, 0.1) is 30.2 Å². The molecular weight excluding hydrogens is 341 g/mol. The van der Waals surface area contributed by atoms with Gasteiger partial charge in [0.15, 0.2) is 0 Å². The number of sulfonamides is 1. The van der Waals surface area contributed by atoms with Crippen LogP contribution in [-0.2, 0) is 14.8 Å². The molecule has 2 heterocycles. The number of hydrogen-bond acceptors (Lipinski definition) is 3. The maximum atomic E-state index is 12.2. The molecule has 0 amide bonds. The molecule has 6 heteroatoms. The van der Waals surface area contributed by atoms with E-state index < -0.39 is 10.0 Å². The molecule has 0 radical (unpaired) electrons. The number of fused-ring (bicyclic) bond motifs is 1. The lowest BCUT2D eigenvalue weighted by atomic mass is 10.4. The molecule has 0 aliphatic carbocycles. The molecular formula is C10H10INO3S. The van der Waals surface area contributed by atoms with Crippen LogP contribution in [0.15, 0.2) is 29.2 Å². The standard InChI is InChI=1S/C10H10INO3S/c11-7-1-3-8(4-2-7)16(13,14)12-9-5-15-6-10(9)12/h1-4,9-10H,5-6H2.